The highest BCUT2D eigenvalue weighted by Gasteiger charge is 2.13. The molecule has 3 aromatic rings. The summed E-state index contributed by atoms with van der Waals surface area (Å²) in [4.78, 5) is 21.3. The summed E-state index contributed by atoms with van der Waals surface area (Å²) < 4.78 is 1.42. The number of aryl methyl sites for hydroxylation is 1. The molecule has 0 saturated heterocycles. The minimum absolute atomic E-state index is 0.0635. The molecule has 0 atom stereocenters. The molecule has 0 unspecified atom stereocenters. The molecular formula is C16H17ClN4OS. The Morgan fingerprint density at radius 1 is 1.30 bits per heavy atom. The lowest BCUT2D eigenvalue weighted by Gasteiger charge is -2.02. The average Bonchev–Trinajstić information content (AvgIpc) is 2.94. The number of aromatic amines is 1. The van der Waals surface area contributed by atoms with E-state index < -0.39 is 0 Å². The van der Waals surface area contributed by atoms with Crippen molar-refractivity contribution < 1.29 is 0 Å². The number of thioether (sulfide) groups is 1. The van der Waals surface area contributed by atoms with Crippen LogP contribution in [-0.2, 0) is 12.2 Å². The van der Waals surface area contributed by atoms with Crippen LogP contribution in [0.2, 0.25) is 5.02 Å². The maximum atomic E-state index is 12.5. The van der Waals surface area contributed by atoms with Gasteiger partial charge < -0.3 is 0 Å². The molecule has 1 N–H and O–H groups in total. The van der Waals surface area contributed by atoms with E-state index >= 15 is 0 Å². The number of halogens is 1. The van der Waals surface area contributed by atoms with Crippen LogP contribution in [0.25, 0.3) is 5.78 Å². The monoisotopic (exact) mass is 348 g/mol. The third-order valence-corrected chi connectivity index (χ3v) is 4.88. The first-order valence-electron chi connectivity index (χ1n) is 7.44. The van der Waals surface area contributed by atoms with Gasteiger partial charge in [-0.1, -0.05) is 54.9 Å². The standard InChI is InChI=1S/C16H17ClN4OS/c1-3-6-12-10(2)18-15-19-16(20-21(15)14(12)22)23-9-11-7-4-5-8-13(11)17/h4-5,7-8H,3,6,9H2,1-2H3,(H,18,19,20). The van der Waals surface area contributed by atoms with Crippen LogP contribution in [0.15, 0.2) is 34.2 Å². The van der Waals surface area contributed by atoms with E-state index in [1.807, 2.05) is 38.1 Å². The molecule has 2 heterocycles. The van der Waals surface area contributed by atoms with E-state index in [9.17, 15) is 4.79 Å². The minimum atomic E-state index is -0.0635. The second-order valence-corrected chi connectivity index (χ2v) is 6.65. The summed E-state index contributed by atoms with van der Waals surface area (Å²) in [7, 11) is 0. The Bertz CT molecular complexity index is 903. The number of hydrogen-bond donors (Lipinski definition) is 1. The fourth-order valence-corrected chi connectivity index (χ4v) is 3.53. The summed E-state index contributed by atoms with van der Waals surface area (Å²) in [6.07, 6.45) is 1.63. The van der Waals surface area contributed by atoms with Crippen LogP contribution in [0.4, 0.5) is 0 Å². The quantitative estimate of drug-likeness (QED) is 0.715. The Balaban J connectivity index is 1.90. The molecule has 0 amide bonds. The predicted octanol–water partition coefficient (Wildman–Crippen LogP) is 3.62. The molecule has 1 aromatic carbocycles. The predicted molar refractivity (Wildman–Crippen MR) is 93.4 cm³/mol. The third-order valence-electron chi connectivity index (χ3n) is 3.60. The lowest BCUT2D eigenvalue weighted by atomic mass is 10.1. The first-order valence-corrected chi connectivity index (χ1v) is 8.81. The number of H-pyrrole nitrogens is 1. The molecule has 5 nitrogen and oxygen atoms in total. The van der Waals surface area contributed by atoms with Crippen LogP contribution in [0.1, 0.15) is 30.2 Å². The number of aromatic nitrogens is 4. The zero-order valence-electron chi connectivity index (χ0n) is 13.0. The molecule has 0 bridgehead atoms. The second-order valence-electron chi connectivity index (χ2n) is 5.28. The molecule has 0 fully saturated rings. The summed E-state index contributed by atoms with van der Waals surface area (Å²) in [5, 5.41) is 4.41. The van der Waals surface area contributed by atoms with Crippen LogP contribution in [0.5, 0.6) is 0 Å². The molecule has 0 aliphatic rings. The highest BCUT2D eigenvalue weighted by molar-refractivity contribution is 7.98. The number of fused-ring (bicyclic) bond motifs is 1. The largest absolute Gasteiger partial charge is 0.277 e. The van der Waals surface area contributed by atoms with E-state index in [4.69, 9.17) is 11.6 Å². The highest BCUT2D eigenvalue weighted by atomic mass is 35.5. The van der Waals surface area contributed by atoms with E-state index in [0.29, 0.717) is 16.7 Å². The van der Waals surface area contributed by atoms with Gasteiger partial charge in [0.25, 0.3) is 11.3 Å². The Morgan fingerprint density at radius 3 is 2.83 bits per heavy atom. The lowest BCUT2D eigenvalue weighted by Crippen LogP contribution is -2.21. The summed E-state index contributed by atoms with van der Waals surface area (Å²) >= 11 is 7.66. The van der Waals surface area contributed by atoms with Crippen molar-refractivity contribution in [2.75, 3.05) is 0 Å². The van der Waals surface area contributed by atoms with Crippen molar-refractivity contribution in [3.8, 4) is 0 Å². The van der Waals surface area contributed by atoms with Gasteiger partial charge in [-0.2, -0.15) is 9.50 Å². The van der Waals surface area contributed by atoms with Crippen molar-refractivity contribution in [1.82, 2.24) is 19.6 Å². The third kappa shape index (κ3) is 3.28. The fraction of sp³-hybridized carbons (Fsp3) is 0.312. The molecule has 7 heteroatoms. The maximum Gasteiger partial charge on any atom is 0.277 e. The van der Waals surface area contributed by atoms with Crippen molar-refractivity contribution in [2.45, 2.75) is 37.6 Å². The Kier molecular flexibility index (Phi) is 4.73. The van der Waals surface area contributed by atoms with E-state index in [1.54, 1.807) is 0 Å². The van der Waals surface area contributed by atoms with Crippen LogP contribution in [0.3, 0.4) is 0 Å². The summed E-state index contributed by atoms with van der Waals surface area (Å²) in [6, 6.07) is 7.69. The summed E-state index contributed by atoms with van der Waals surface area (Å²) in [5.74, 6) is 1.09. The van der Waals surface area contributed by atoms with E-state index in [-0.39, 0.29) is 5.56 Å². The molecule has 2 aromatic heterocycles. The van der Waals surface area contributed by atoms with E-state index in [2.05, 4.69) is 15.1 Å². The van der Waals surface area contributed by atoms with E-state index in [0.717, 1.165) is 34.7 Å². The fourth-order valence-electron chi connectivity index (χ4n) is 2.40. The molecule has 23 heavy (non-hydrogen) atoms. The number of rotatable bonds is 5. The van der Waals surface area contributed by atoms with Gasteiger partial charge in [0.05, 0.1) is 5.69 Å². The lowest BCUT2D eigenvalue weighted by molar-refractivity contribution is 0.799. The number of benzene rings is 1. The van der Waals surface area contributed by atoms with Crippen molar-refractivity contribution in [3.05, 3.63) is 56.5 Å². The summed E-state index contributed by atoms with van der Waals surface area (Å²) in [5.41, 5.74) is 2.47. The Morgan fingerprint density at radius 2 is 2.09 bits per heavy atom. The molecule has 0 aliphatic carbocycles. The van der Waals surface area contributed by atoms with Crippen LogP contribution < -0.4 is 5.56 Å². The van der Waals surface area contributed by atoms with Gasteiger partial charge in [-0.3, -0.25) is 9.89 Å². The topological polar surface area (TPSA) is 63.1 Å². The number of nitrogens with one attached hydrogen (secondary N) is 1. The molecule has 0 saturated carbocycles. The van der Waals surface area contributed by atoms with Gasteiger partial charge in [-0.15, -0.1) is 0 Å². The van der Waals surface area contributed by atoms with Gasteiger partial charge in [0, 0.05) is 16.3 Å². The Labute approximate surface area is 143 Å². The highest BCUT2D eigenvalue weighted by Crippen LogP contribution is 2.24. The van der Waals surface area contributed by atoms with Crippen LogP contribution in [0, 0.1) is 6.92 Å². The zero-order valence-corrected chi connectivity index (χ0v) is 14.5. The van der Waals surface area contributed by atoms with Crippen LogP contribution >= 0.6 is 23.4 Å². The minimum Gasteiger partial charge on any atom is -0.267 e. The van der Waals surface area contributed by atoms with Gasteiger partial charge in [-0.05, 0) is 25.0 Å². The molecular weight excluding hydrogens is 332 g/mol. The first kappa shape index (κ1) is 16.1. The van der Waals surface area contributed by atoms with E-state index in [1.165, 1.54) is 16.3 Å². The normalized spacial score (nSPS) is 11.3. The van der Waals surface area contributed by atoms with Crippen molar-refractivity contribution in [2.24, 2.45) is 0 Å². The number of hydrogen-bond acceptors (Lipinski definition) is 4. The van der Waals surface area contributed by atoms with Crippen LogP contribution in [-0.4, -0.2) is 19.6 Å². The first-order chi connectivity index (χ1) is 11.1. The summed E-state index contributed by atoms with van der Waals surface area (Å²) in [6.45, 7) is 3.91. The average molecular weight is 349 g/mol. The van der Waals surface area contributed by atoms with Gasteiger partial charge in [0.2, 0.25) is 0 Å². The zero-order chi connectivity index (χ0) is 16.4. The van der Waals surface area contributed by atoms with Crippen molar-refractivity contribution in [3.63, 3.8) is 0 Å². The van der Waals surface area contributed by atoms with Gasteiger partial charge in [0.1, 0.15) is 0 Å². The molecule has 0 radical (unpaired) electrons. The molecule has 0 aliphatic heterocycles. The van der Waals surface area contributed by atoms with Gasteiger partial charge in [-0.25, -0.2) is 4.98 Å². The molecule has 120 valence electrons. The maximum absolute atomic E-state index is 12.5. The van der Waals surface area contributed by atoms with Gasteiger partial charge in [0.15, 0.2) is 5.16 Å². The molecule has 0 spiro atoms. The smallest absolute Gasteiger partial charge is 0.267 e. The second kappa shape index (κ2) is 6.76. The van der Waals surface area contributed by atoms with Gasteiger partial charge >= 0.3 is 0 Å². The molecule has 3 rings (SSSR count). The Hall–Kier alpha value is -1.79. The number of nitrogens with zero attached hydrogens (tertiary/aromatic N) is 3. The van der Waals surface area contributed by atoms with Crippen molar-refractivity contribution >= 4 is 29.1 Å². The van der Waals surface area contributed by atoms with Crippen molar-refractivity contribution in [1.29, 1.82) is 0 Å². The SMILES string of the molecule is CCCc1c(C)nc2nc(SCc3ccccc3Cl)[nH]n2c1=O.